The number of sulfonamides is 1. The van der Waals surface area contributed by atoms with Crippen molar-refractivity contribution in [1.29, 1.82) is 0 Å². The zero-order valence-electron chi connectivity index (χ0n) is 13.4. The van der Waals surface area contributed by atoms with Crippen molar-refractivity contribution >= 4 is 15.8 Å². The molecule has 3 fully saturated rings. The molecule has 2 heterocycles. The Morgan fingerprint density at radius 1 is 0.957 bits per heavy atom. The second-order valence-corrected chi connectivity index (χ2v) is 9.13. The number of hydrogen-bond donors (Lipinski definition) is 0. The van der Waals surface area contributed by atoms with Gasteiger partial charge in [-0.15, -0.1) is 0 Å². The van der Waals surface area contributed by atoms with Gasteiger partial charge in [0, 0.05) is 43.9 Å². The summed E-state index contributed by atoms with van der Waals surface area (Å²) in [5, 5.41) is -0.113. The number of aromatic nitrogens is 2. The van der Waals surface area contributed by atoms with Crippen molar-refractivity contribution in [3.8, 4) is 0 Å². The molecule has 7 heteroatoms. The molecule has 0 N–H and O–H groups in total. The van der Waals surface area contributed by atoms with Crippen molar-refractivity contribution in [3.05, 3.63) is 18.1 Å². The van der Waals surface area contributed by atoms with Crippen molar-refractivity contribution in [2.45, 2.75) is 49.7 Å². The zero-order chi connectivity index (χ0) is 15.9. The van der Waals surface area contributed by atoms with Crippen LogP contribution >= 0.6 is 0 Å². The van der Waals surface area contributed by atoms with E-state index in [1.54, 1.807) is 10.6 Å². The quantitative estimate of drug-likeness (QED) is 0.838. The van der Waals surface area contributed by atoms with E-state index in [0.717, 1.165) is 37.3 Å². The standard InChI is InChI=1S/C16H24N4O2S/c21-23(22,14-5-6-14)20-8-2-7-19(9-10-20)16-11-15(17-12-18-16)13-3-1-4-13/h11-14H,1-10H2. The molecule has 0 spiro atoms. The van der Waals surface area contributed by atoms with Crippen molar-refractivity contribution < 1.29 is 8.42 Å². The molecule has 0 amide bonds. The molecule has 0 aromatic carbocycles. The highest BCUT2D eigenvalue weighted by Crippen LogP contribution is 2.36. The van der Waals surface area contributed by atoms with Crippen LogP contribution in [0.15, 0.2) is 12.4 Å². The predicted octanol–water partition coefficient (Wildman–Crippen LogP) is 1.75. The highest BCUT2D eigenvalue weighted by atomic mass is 32.2. The van der Waals surface area contributed by atoms with E-state index < -0.39 is 10.0 Å². The van der Waals surface area contributed by atoms with E-state index >= 15 is 0 Å². The lowest BCUT2D eigenvalue weighted by Crippen LogP contribution is -2.37. The first kappa shape index (κ1) is 15.3. The number of anilines is 1. The summed E-state index contributed by atoms with van der Waals surface area (Å²) in [4.78, 5) is 11.1. The maximum absolute atomic E-state index is 12.4. The van der Waals surface area contributed by atoms with Gasteiger partial charge in [0.2, 0.25) is 10.0 Å². The van der Waals surface area contributed by atoms with Crippen LogP contribution in [0.5, 0.6) is 0 Å². The van der Waals surface area contributed by atoms with Crippen LogP contribution in [0.1, 0.15) is 50.1 Å². The fourth-order valence-electron chi connectivity index (χ4n) is 3.42. The van der Waals surface area contributed by atoms with Gasteiger partial charge in [-0.3, -0.25) is 0 Å². The second kappa shape index (κ2) is 6.02. The lowest BCUT2D eigenvalue weighted by molar-refractivity contribution is 0.410. The molecule has 2 saturated carbocycles. The highest BCUT2D eigenvalue weighted by Gasteiger charge is 2.40. The molecule has 1 aliphatic heterocycles. The van der Waals surface area contributed by atoms with Crippen LogP contribution in [0.4, 0.5) is 5.82 Å². The van der Waals surface area contributed by atoms with E-state index in [2.05, 4.69) is 20.9 Å². The third kappa shape index (κ3) is 3.08. The Hall–Kier alpha value is -1.21. The monoisotopic (exact) mass is 336 g/mol. The fraction of sp³-hybridized carbons (Fsp3) is 0.750. The Kier molecular flexibility index (Phi) is 4.01. The molecule has 0 radical (unpaired) electrons. The Balaban J connectivity index is 1.46. The summed E-state index contributed by atoms with van der Waals surface area (Å²) in [7, 11) is -3.06. The van der Waals surface area contributed by atoms with Crippen LogP contribution in [-0.4, -0.2) is 54.1 Å². The van der Waals surface area contributed by atoms with Crippen LogP contribution in [0.2, 0.25) is 0 Å². The molecule has 1 saturated heterocycles. The van der Waals surface area contributed by atoms with Gasteiger partial charge < -0.3 is 4.90 Å². The summed E-state index contributed by atoms with van der Waals surface area (Å²) in [5.41, 5.74) is 1.15. The SMILES string of the molecule is O=S(=O)(C1CC1)N1CCCN(c2cc(C3CCC3)ncn2)CC1. The predicted molar refractivity (Wildman–Crippen MR) is 89.0 cm³/mol. The van der Waals surface area contributed by atoms with Gasteiger partial charge in [0.25, 0.3) is 0 Å². The van der Waals surface area contributed by atoms with Crippen molar-refractivity contribution in [2.75, 3.05) is 31.1 Å². The maximum atomic E-state index is 12.4. The molecule has 0 bridgehead atoms. The molecule has 126 valence electrons. The largest absolute Gasteiger partial charge is 0.355 e. The third-order valence-electron chi connectivity index (χ3n) is 5.28. The molecule has 1 aromatic rings. The average Bonchev–Trinajstić information content (AvgIpc) is 3.32. The van der Waals surface area contributed by atoms with Crippen LogP contribution in [-0.2, 0) is 10.0 Å². The summed E-state index contributed by atoms with van der Waals surface area (Å²) < 4.78 is 26.5. The first-order chi connectivity index (χ1) is 11.1. The first-order valence-corrected chi connectivity index (χ1v) is 10.2. The molecule has 1 aromatic heterocycles. The molecule has 0 atom stereocenters. The average molecular weight is 336 g/mol. The van der Waals surface area contributed by atoms with E-state index in [1.807, 2.05) is 0 Å². The Labute approximate surface area is 138 Å². The summed E-state index contributed by atoms with van der Waals surface area (Å²) >= 11 is 0. The van der Waals surface area contributed by atoms with E-state index in [1.165, 1.54) is 19.3 Å². The molecular formula is C16H24N4O2S. The van der Waals surface area contributed by atoms with Crippen molar-refractivity contribution in [1.82, 2.24) is 14.3 Å². The Morgan fingerprint density at radius 3 is 2.48 bits per heavy atom. The zero-order valence-corrected chi connectivity index (χ0v) is 14.2. The lowest BCUT2D eigenvalue weighted by Gasteiger charge is -2.27. The number of hydrogen-bond acceptors (Lipinski definition) is 5. The molecule has 2 aliphatic carbocycles. The fourth-order valence-corrected chi connectivity index (χ4v) is 5.29. The van der Waals surface area contributed by atoms with E-state index in [0.29, 0.717) is 25.6 Å². The Morgan fingerprint density at radius 2 is 1.78 bits per heavy atom. The van der Waals surface area contributed by atoms with Gasteiger partial charge in [-0.2, -0.15) is 4.31 Å². The van der Waals surface area contributed by atoms with Gasteiger partial charge in [-0.25, -0.2) is 18.4 Å². The lowest BCUT2D eigenvalue weighted by atomic mass is 9.83. The van der Waals surface area contributed by atoms with Gasteiger partial charge in [0.1, 0.15) is 12.1 Å². The topological polar surface area (TPSA) is 66.4 Å². The molecule has 4 rings (SSSR count). The minimum absolute atomic E-state index is 0.113. The van der Waals surface area contributed by atoms with Crippen LogP contribution < -0.4 is 4.90 Å². The van der Waals surface area contributed by atoms with E-state index in [4.69, 9.17) is 0 Å². The van der Waals surface area contributed by atoms with E-state index in [9.17, 15) is 8.42 Å². The molecule has 23 heavy (non-hydrogen) atoms. The van der Waals surface area contributed by atoms with Gasteiger partial charge in [-0.05, 0) is 32.1 Å². The molecule has 6 nitrogen and oxygen atoms in total. The molecular weight excluding hydrogens is 312 g/mol. The molecule has 0 unspecified atom stereocenters. The second-order valence-electron chi connectivity index (χ2n) is 6.91. The summed E-state index contributed by atoms with van der Waals surface area (Å²) in [5.74, 6) is 1.54. The molecule has 3 aliphatic rings. The Bertz CT molecular complexity index is 670. The van der Waals surface area contributed by atoms with Crippen LogP contribution in [0.3, 0.4) is 0 Å². The maximum Gasteiger partial charge on any atom is 0.217 e. The van der Waals surface area contributed by atoms with Gasteiger partial charge in [0.15, 0.2) is 0 Å². The number of rotatable bonds is 4. The summed E-state index contributed by atoms with van der Waals surface area (Å²) in [6, 6.07) is 2.11. The van der Waals surface area contributed by atoms with Gasteiger partial charge in [-0.1, -0.05) is 6.42 Å². The van der Waals surface area contributed by atoms with E-state index in [-0.39, 0.29) is 5.25 Å². The summed E-state index contributed by atoms with van der Waals surface area (Å²) in [6.07, 6.45) is 7.93. The summed E-state index contributed by atoms with van der Waals surface area (Å²) in [6.45, 7) is 2.78. The number of nitrogens with zero attached hydrogens (tertiary/aromatic N) is 4. The van der Waals surface area contributed by atoms with Gasteiger partial charge >= 0.3 is 0 Å². The van der Waals surface area contributed by atoms with Gasteiger partial charge in [0.05, 0.1) is 5.25 Å². The normalized spacial score (nSPS) is 24.3. The minimum Gasteiger partial charge on any atom is -0.355 e. The van der Waals surface area contributed by atoms with Crippen molar-refractivity contribution in [3.63, 3.8) is 0 Å². The van der Waals surface area contributed by atoms with Crippen molar-refractivity contribution in [2.24, 2.45) is 0 Å². The third-order valence-corrected chi connectivity index (χ3v) is 7.68. The minimum atomic E-state index is -3.06. The highest BCUT2D eigenvalue weighted by molar-refractivity contribution is 7.90. The van der Waals surface area contributed by atoms with Crippen LogP contribution in [0.25, 0.3) is 0 Å². The van der Waals surface area contributed by atoms with Crippen LogP contribution in [0, 0.1) is 0 Å². The first-order valence-electron chi connectivity index (χ1n) is 8.70. The smallest absolute Gasteiger partial charge is 0.217 e.